The molecule has 0 saturated heterocycles. The van der Waals surface area contributed by atoms with Gasteiger partial charge in [-0.2, -0.15) is 0 Å². The lowest BCUT2D eigenvalue weighted by molar-refractivity contribution is -0.306. The van der Waals surface area contributed by atoms with E-state index in [-0.39, 0.29) is 0 Å². The van der Waals surface area contributed by atoms with Gasteiger partial charge >= 0.3 is 0 Å². The molecule has 6 nitrogen and oxygen atoms in total. The van der Waals surface area contributed by atoms with Crippen molar-refractivity contribution in [3.8, 4) is 0 Å². The maximum atomic E-state index is 7.90. The van der Waals surface area contributed by atoms with Crippen LogP contribution in [0.2, 0.25) is 0 Å². The maximum absolute atomic E-state index is 7.90. The third kappa shape index (κ3) is 44.7. The van der Waals surface area contributed by atoms with E-state index in [0.717, 1.165) is 0 Å². The fraction of sp³-hybridized carbons (Fsp3) is 1.00. The molecule has 0 aliphatic heterocycles. The largest absolute Gasteiger partial charge is 0.251 e. The van der Waals surface area contributed by atoms with Gasteiger partial charge in [0.05, 0.1) is 16.8 Å². The second-order valence-electron chi connectivity index (χ2n) is 6.61. The van der Waals surface area contributed by atoms with Gasteiger partial charge in [0, 0.05) is 0 Å². The van der Waals surface area contributed by atoms with E-state index in [1.807, 2.05) is 0 Å². The van der Waals surface area contributed by atoms with Crippen LogP contribution in [0.15, 0.2) is 0 Å². The molecule has 0 saturated carbocycles. The van der Waals surface area contributed by atoms with Crippen LogP contribution in [-0.4, -0.2) is 32.6 Å². The zero-order chi connectivity index (χ0) is 15.6. The third-order valence-corrected chi connectivity index (χ3v) is 0.822. The van der Waals surface area contributed by atoms with Gasteiger partial charge in [0.15, 0.2) is 0 Å². The highest BCUT2D eigenvalue weighted by molar-refractivity contribution is 4.54. The van der Waals surface area contributed by atoms with Gasteiger partial charge in [-0.3, -0.25) is 15.8 Å². The molecule has 3 N–H and O–H groups in total. The molecule has 0 radical (unpaired) electrons. The van der Waals surface area contributed by atoms with E-state index in [0.29, 0.717) is 0 Å². The Balaban J connectivity index is -0.000000187. The molecule has 0 spiro atoms. The Kier molecular flexibility index (Phi) is 12.3. The molecule has 0 heterocycles. The van der Waals surface area contributed by atoms with Crippen molar-refractivity contribution in [3.63, 3.8) is 0 Å². The van der Waals surface area contributed by atoms with Crippen LogP contribution in [0.5, 0.6) is 0 Å². The van der Waals surface area contributed by atoms with Crippen molar-refractivity contribution < 1.29 is 30.4 Å². The van der Waals surface area contributed by atoms with E-state index in [2.05, 4.69) is 14.7 Å². The molecular formula is C12H30O6. The van der Waals surface area contributed by atoms with Crippen LogP contribution in [0.25, 0.3) is 0 Å². The first kappa shape index (κ1) is 22.9. The Labute approximate surface area is 110 Å². The molecule has 0 aliphatic carbocycles. The molecule has 0 fully saturated rings. The molecule has 0 aromatic rings. The van der Waals surface area contributed by atoms with Gasteiger partial charge < -0.3 is 0 Å². The highest BCUT2D eigenvalue weighted by Gasteiger charge is 2.07. The van der Waals surface area contributed by atoms with Gasteiger partial charge in [-0.15, -0.1) is 0 Å². The standard InChI is InChI=1S/3C4H10O2/c3*1-4(2,3)6-5/h3*5H,1-3H3. The van der Waals surface area contributed by atoms with Crippen molar-refractivity contribution in [2.24, 2.45) is 0 Å². The Morgan fingerprint density at radius 3 is 0.500 bits per heavy atom. The Morgan fingerprint density at radius 2 is 0.500 bits per heavy atom. The molecule has 0 aliphatic rings. The van der Waals surface area contributed by atoms with Crippen molar-refractivity contribution >= 4 is 0 Å². The SMILES string of the molecule is CC(C)(C)OO.CC(C)(C)OO.CC(C)(C)OO. The summed E-state index contributed by atoms with van der Waals surface area (Å²) >= 11 is 0. The van der Waals surface area contributed by atoms with Gasteiger partial charge in [0.1, 0.15) is 0 Å². The number of hydrogen-bond donors (Lipinski definition) is 3. The summed E-state index contributed by atoms with van der Waals surface area (Å²) in [5.74, 6) is 0. The van der Waals surface area contributed by atoms with Crippen molar-refractivity contribution in [1.29, 1.82) is 0 Å². The molecule has 114 valence electrons. The Bertz CT molecular complexity index is 139. The smallest absolute Gasteiger partial charge is 0.0949 e. The molecule has 0 bridgehead atoms. The predicted molar refractivity (Wildman–Crippen MR) is 70.4 cm³/mol. The third-order valence-electron chi connectivity index (χ3n) is 0.822. The summed E-state index contributed by atoms with van der Waals surface area (Å²) in [6.07, 6.45) is 0. The molecule has 0 aromatic heterocycles. The number of rotatable bonds is 0. The van der Waals surface area contributed by atoms with Crippen molar-refractivity contribution in [3.05, 3.63) is 0 Å². The summed E-state index contributed by atoms with van der Waals surface area (Å²) in [6.45, 7) is 15.9. The average molecular weight is 270 g/mol. The minimum atomic E-state index is -0.403. The lowest BCUT2D eigenvalue weighted by Gasteiger charge is -2.10. The summed E-state index contributed by atoms with van der Waals surface area (Å²) in [6, 6.07) is 0. The van der Waals surface area contributed by atoms with Gasteiger partial charge in [0.25, 0.3) is 0 Å². The van der Waals surface area contributed by atoms with Crippen LogP contribution in [0.4, 0.5) is 0 Å². The molecule has 6 heteroatoms. The van der Waals surface area contributed by atoms with E-state index in [1.165, 1.54) is 0 Å². The van der Waals surface area contributed by atoms with Crippen LogP contribution >= 0.6 is 0 Å². The predicted octanol–water partition coefficient (Wildman–Crippen LogP) is 3.82. The van der Waals surface area contributed by atoms with E-state index in [9.17, 15) is 0 Å². The van der Waals surface area contributed by atoms with Gasteiger partial charge in [-0.25, -0.2) is 14.7 Å². The first-order valence-electron chi connectivity index (χ1n) is 5.66. The minimum Gasteiger partial charge on any atom is -0.251 e. The second kappa shape index (κ2) is 9.66. The van der Waals surface area contributed by atoms with E-state index >= 15 is 0 Å². The Hall–Kier alpha value is -0.240. The van der Waals surface area contributed by atoms with Crippen LogP contribution in [-0.2, 0) is 14.7 Å². The first-order valence-corrected chi connectivity index (χ1v) is 5.66. The maximum Gasteiger partial charge on any atom is 0.0949 e. The summed E-state index contributed by atoms with van der Waals surface area (Å²) in [7, 11) is 0. The minimum absolute atomic E-state index is 0.403. The molecule has 18 heavy (non-hydrogen) atoms. The summed E-state index contributed by atoms with van der Waals surface area (Å²) < 4.78 is 0. The fourth-order valence-corrected chi connectivity index (χ4v) is 0. The lowest BCUT2D eigenvalue weighted by atomic mass is 10.2. The molecule has 0 unspecified atom stereocenters. The summed E-state index contributed by atoms with van der Waals surface area (Å²) in [5, 5.41) is 23.7. The zero-order valence-electron chi connectivity index (χ0n) is 13.1. The normalized spacial score (nSPS) is 12.0. The summed E-state index contributed by atoms with van der Waals surface area (Å²) in [5.41, 5.74) is -1.21. The quantitative estimate of drug-likeness (QED) is 0.458. The Morgan fingerprint density at radius 1 is 0.444 bits per heavy atom. The molecule has 0 atom stereocenters. The van der Waals surface area contributed by atoms with E-state index < -0.39 is 16.8 Å². The van der Waals surface area contributed by atoms with Gasteiger partial charge in [-0.05, 0) is 62.3 Å². The van der Waals surface area contributed by atoms with E-state index in [4.69, 9.17) is 15.8 Å². The topological polar surface area (TPSA) is 88.4 Å². The monoisotopic (exact) mass is 270 g/mol. The fourth-order valence-electron chi connectivity index (χ4n) is 0. The first-order chi connectivity index (χ1) is 7.68. The highest BCUT2D eigenvalue weighted by atomic mass is 17.1. The van der Waals surface area contributed by atoms with Crippen molar-refractivity contribution in [2.75, 3.05) is 0 Å². The molecular weight excluding hydrogens is 240 g/mol. The molecule has 0 aromatic carbocycles. The highest BCUT2D eigenvalue weighted by Crippen LogP contribution is 2.02. The van der Waals surface area contributed by atoms with Crippen molar-refractivity contribution in [1.82, 2.24) is 0 Å². The van der Waals surface area contributed by atoms with Crippen LogP contribution < -0.4 is 0 Å². The van der Waals surface area contributed by atoms with Crippen LogP contribution in [0.1, 0.15) is 62.3 Å². The van der Waals surface area contributed by atoms with E-state index in [1.54, 1.807) is 62.3 Å². The average Bonchev–Trinajstić information content (AvgIpc) is 2.16. The summed E-state index contributed by atoms with van der Waals surface area (Å²) in [4.78, 5) is 11.8. The van der Waals surface area contributed by atoms with Crippen molar-refractivity contribution in [2.45, 2.75) is 79.1 Å². The number of hydrogen-bond acceptors (Lipinski definition) is 6. The molecule has 0 rings (SSSR count). The van der Waals surface area contributed by atoms with Crippen LogP contribution in [0, 0.1) is 0 Å². The second-order valence-corrected chi connectivity index (χ2v) is 6.61. The van der Waals surface area contributed by atoms with Crippen LogP contribution in [0.3, 0.4) is 0 Å². The lowest BCUT2D eigenvalue weighted by Crippen LogP contribution is -2.15. The van der Waals surface area contributed by atoms with Gasteiger partial charge in [0.2, 0.25) is 0 Å². The molecule has 0 amide bonds. The zero-order valence-corrected chi connectivity index (χ0v) is 13.1. The van der Waals surface area contributed by atoms with Gasteiger partial charge in [-0.1, -0.05) is 0 Å².